The van der Waals surface area contributed by atoms with E-state index >= 15 is 0 Å². The number of piperazine rings is 1. The van der Waals surface area contributed by atoms with E-state index in [4.69, 9.17) is 4.74 Å². The largest absolute Gasteiger partial charge is 0.445 e. The number of hydrogen-bond acceptors (Lipinski definition) is 9. The quantitative estimate of drug-likeness (QED) is 0.317. The summed E-state index contributed by atoms with van der Waals surface area (Å²) in [4.78, 5) is 36.1. The topological polar surface area (TPSA) is 129 Å². The first kappa shape index (κ1) is 34.2. The van der Waals surface area contributed by atoms with E-state index in [9.17, 15) is 23.1 Å². The van der Waals surface area contributed by atoms with E-state index in [1.807, 2.05) is 67.4 Å². The van der Waals surface area contributed by atoms with E-state index in [1.54, 1.807) is 17.6 Å². The van der Waals surface area contributed by atoms with Crippen molar-refractivity contribution in [2.24, 2.45) is 10.9 Å². The number of nitrogens with zero attached hydrogens (tertiary/aromatic N) is 3. The lowest BCUT2D eigenvalue weighted by Gasteiger charge is -2.41. The number of carbonyl (C=O) groups is 2. The summed E-state index contributed by atoms with van der Waals surface area (Å²) in [5.74, 6) is -0.451. The Kier molecular flexibility index (Phi) is 12.5. The molecule has 2 aliphatic rings. The Balaban J connectivity index is 1.48. The van der Waals surface area contributed by atoms with Crippen molar-refractivity contribution in [3.05, 3.63) is 58.3 Å². The predicted octanol–water partition coefficient (Wildman–Crippen LogP) is 3.54. The fourth-order valence-corrected chi connectivity index (χ4v) is 9.15. The summed E-state index contributed by atoms with van der Waals surface area (Å²) in [7, 11) is -3.35. The van der Waals surface area contributed by atoms with Crippen LogP contribution in [0, 0.1) is 5.92 Å². The average Bonchev–Trinajstić information content (AvgIpc) is 3.60. The monoisotopic (exact) mass is 646 g/mol. The fraction of sp³-hybridized carbons (Fsp3) is 0.594. The highest BCUT2D eigenvalue weighted by molar-refractivity contribution is 7.92. The fourth-order valence-electron chi connectivity index (χ4n) is 6.09. The third-order valence-corrected chi connectivity index (χ3v) is 11.7. The Morgan fingerprint density at radius 2 is 1.95 bits per heavy atom. The number of benzene rings is 1. The van der Waals surface area contributed by atoms with E-state index in [0.717, 1.165) is 25.1 Å². The predicted molar refractivity (Wildman–Crippen MR) is 174 cm³/mol. The summed E-state index contributed by atoms with van der Waals surface area (Å²) < 4.78 is 30.8. The van der Waals surface area contributed by atoms with Crippen molar-refractivity contribution in [3.8, 4) is 0 Å². The normalized spacial score (nSPS) is 24.0. The molecule has 44 heavy (non-hydrogen) atoms. The van der Waals surface area contributed by atoms with E-state index in [0.29, 0.717) is 25.9 Å². The van der Waals surface area contributed by atoms with Gasteiger partial charge in [0.1, 0.15) is 17.4 Å². The van der Waals surface area contributed by atoms with Gasteiger partial charge in [-0.2, -0.15) is 0 Å². The lowest BCUT2D eigenvalue weighted by Crippen LogP contribution is -2.59. The van der Waals surface area contributed by atoms with Gasteiger partial charge in [0.05, 0.1) is 17.9 Å². The first-order valence-corrected chi connectivity index (χ1v) is 18.1. The lowest BCUT2D eigenvalue weighted by atomic mass is 9.99. The molecule has 0 spiro atoms. The zero-order chi connectivity index (χ0) is 31.7. The molecule has 2 aromatic rings. The number of rotatable bonds is 13. The second-order valence-electron chi connectivity index (χ2n) is 12.1. The SMILES string of the molecule is CCCC=NC(=O)[C@@H]1CN(Cc2cccs2)CCN1C[C@@H](O)[C@H](Cc1ccccc1)NC(=O)O[C@@H]1CCS(=O)(=O)[C@@H]1C(C)C. The van der Waals surface area contributed by atoms with Crippen LogP contribution in [0.25, 0.3) is 0 Å². The molecule has 5 atom stereocenters. The Bertz CT molecular complexity index is 1340. The molecule has 10 nitrogen and oxygen atoms in total. The zero-order valence-electron chi connectivity index (χ0n) is 25.9. The van der Waals surface area contributed by atoms with Gasteiger partial charge >= 0.3 is 6.09 Å². The van der Waals surface area contributed by atoms with Crippen LogP contribution in [0.5, 0.6) is 0 Å². The van der Waals surface area contributed by atoms with Gasteiger partial charge in [-0.05, 0) is 42.2 Å². The van der Waals surface area contributed by atoms with E-state index in [-0.39, 0.29) is 30.5 Å². The van der Waals surface area contributed by atoms with Crippen LogP contribution in [0.4, 0.5) is 4.79 Å². The van der Waals surface area contributed by atoms with E-state index in [2.05, 4.69) is 21.3 Å². The number of aliphatic hydroxyl groups is 1. The van der Waals surface area contributed by atoms with Crippen molar-refractivity contribution < 1.29 is 27.9 Å². The van der Waals surface area contributed by atoms with Crippen LogP contribution in [0.3, 0.4) is 0 Å². The number of aliphatic hydroxyl groups excluding tert-OH is 1. The first-order valence-electron chi connectivity index (χ1n) is 15.5. The van der Waals surface area contributed by atoms with Gasteiger partial charge in [0.15, 0.2) is 9.84 Å². The molecule has 4 rings (SSSR count). The van der Waals surface area contributed by atoms with Crippen molar-refractivity contribution in [3.63, 3.8) is 0 Å². The Morgan fingerprint density at radius 1 is 1.18 bits per heavy atom. The average molecular weight is 647 g/mol. The smallest absolute Gasteiger partial charge is 0.407 e. The molecule has 0 unspecified atom stereocenters. The molecule has 0 saturated carbocycles. The first-order chi connectivity index (χ1) is 21.1. The highest BCUT2D eigenvalue weighted by Crippen LogP contribution is 2.29. The molecule has 2 saturated heterocycles. The highest BCUT2D eigenvalue weighted by atomic mass is 32.2. The van der Waals surface area contributed by atoms with Gasteiger partial charge in [0.2, 0.25) is 0 Å². The highest BCUT2D eigenvalue weighted by Gasteiger charge is 2.44. The van der Waals surface area contributed by atoms with Crippen LogP contribution in [-0.2, 0) is 32.3 Å². The number of amides is 2. The van der Waals surface area contributed by atoms with Crippen LogP contribution in [0.1, 0.15) is 50.5 Å². The number of β-amino-alcohol motifs (C(OH)–C–C–N with tert-alkyl or cyclic N) is 1. The number of alkyl carbamates (subject to hydrolysis) is 1. The molecule has 2 aliphatic heterocycles. The van der Waals surface area contributed by atoms with Crippen molar-refractivity contribution >= 4 is 39.4 Å². The van der Waals surface area contributed by atoms with Crippen LogP contribution >= 0.6 is 11.3 Å². The van der Waals surface area contributed by atoms with E-state index < -0.39 is 45.5 Å². The van der Waals surface area contributed by atoms with Gasteiger partial charge in [0, 0.05) is 43.8 Å². The number of carbonyl (C=O) groups excluding carboxylic acids is 2. The summed E-state index contributed by atoms with van der Waals surface area (Å²) >= 11 is 1.68. The number of thiophene rings is 1. The Labute approximate surface area is 265 Å². The summed E-state index contributed by atoms with van der Waals surface area (Å²) in [6, 6.07) is 12.4. The zero-order valence-corrected chi connectivity index (χ0v) is 27.5. The molecule has 0 radical (unpaired) electrons. The molecule has 0 aliphatic carbocycles. The number of aliphatic imine (C=N–C) groups is 1. The number of sulfone groups is 1. The Morgan fingerprint density at radius 3 is 2.64 bits per heavy atom. The van der Waals surface area contributed by atoms with Crippen LogP contribution in [0.2, 0.25) is 0 Å². The summed E-state index contributed by atoms with van der Waals surface area (Å²) in [5, 5.41) is 15.7. The maximum Gasteiger partial charge on any atom is 0.407 e. The lowest BCUT2D eigenvalue weighted by molar-refractivity contribution is -0.126. The van der Waals surface area contributed by atoms with Crippen LogP contribution in [0.15, 0.2) is 52.8 Å². The van der Waals surface area contributed by atoms with Crippen LogP contribution in [-0.4, -0.2) is 103 Å². The second-order valence-corrected chi connectivity index (χ2v) is 15.4. The maximum atomic E-state index is 13.3. The summed E-state index contributed by atoms with van der Waals surface area (Å²) in [5.41, 5.74) is 0.915. The van der Waals surface area contributed by atoms with Gasteiger partial charge in [0.25, 0.3) is 5.91 Å². The maximum absolute atomic E-state index is 13.3. The van der Waals surface area contributed by atoms with Gasteiger partial charge in [-0.1, -0.05) is 63.6 Å². The third kappa shape index (κ3) is 9.43. The summed E-state index contributed by atoms with van der Waals surface area (Å²) in [6.45, 7) is 8.31. The molecular formula is C32H46N4O6S2. The minimum absolute atomic E-state index is 0.0154. The summed E-state index contributed by atoms with van der Waals surface area (Å²) in [6.07, 6.45) is 1.33. The molecular weight excluding hydrogens is 601 g/mol. The van der Waals surface area contributed by atoms with Gasteiger partial charge in [-0.3, -0.25) is 14.6 Å². The Hall–Kier alpha value is -2.64. The van der Waals surface area contributed by atoms with Crippen molar-refractivity contribution in [2.75, 3.05) is 31.9 Å². The number of nitrogens with one attached hydrogen (secondary N) is 1. The second kappa shape index (κ2) is 16.1. The van der Waals surface area contributed by atoms with Crippen molar-refractivity contribution in [1.82, 2.24) is 15.1 Å². The number of unbranched alkanes of at least 4 members (excludes halogenated alkanes) is 1. The van der Waals surface area contributed by atoms with Gasteiger partial charge in [-0.25, -0.2) is 18.2 Å². The number of ether oxygens (including phenoxy) is 1. The molecule has 2 amide bonds. The van der Waals surface area contributed by atoms with Gasteiger partial charge in [-0.15, -0.1) is 11.3 Å². The minimum atomic E-state index is -3.35. The number of hydrogen-bond donors (Lipinski definition) is 2. The van der Waals surface area contributed by atoms with Crippen molar-refractivity contribution in [1.29, 1.82) is 0 Å². The molecule has 3 heterocycles. The standard InChI is InChI=1S/C32H46N4O6S2/c1-4-5-14-33-31(38)27-21-35(20-25-12-9-17-43-25)15-16-36(27)22-28(37)26(19-24-10-7-6-8-11-24)34-32(39)42-29-13-18-44(40,41)30(29)23(2)3/h6-12,14,17,23,26-30,37H,4-5,13,15-16,18-22H2,1-3H3,(H,34,39)/t26-,27-,28+,29+,30+/m0/s1. The molecule has 1 aromatic heterocycles. The van der Waals surface area contributed by atoms with Crippen LogP contribution < -0.4 is 5.32 Å². The molecule has 242 valence electrons. The molecule has 12 heteroatoms. The van der Waals surface area contributed by atoms with Crippen molar-refractivity contribution in [2.45, 2.75) is 82.5 Å². The molecule has 0 bridgehead atoms. The molecule has 1 aromatic carbocycles. The third-order valence-electron chi connectivity index (χ3n) is 8.33. The van der Waals surface area contributed by atoms with Gasteiger partial charge < -0.3 is 15.2 Å². The molecule has 2 fully saturated rings. The molecule has 2 N–H and O–H groups in total. The minimum Gasteiger partial charge on any atom is -0.445 e. The van der Waals surface area contributed by atoms with E-state index in [1.165, 1.54) is 4.88 Å².